The van der Waals surface area contributed by atoms with Crippen LogP contribution < -0.4 is 5.43 Å². The van der Waals surface area contributed by atoms with Crippen LogP contribution in [0.25, 0.3) is 0 Å². The largest absolute Gasteiger partial charge is 0.362 e. The number of urea groups is 1. The summed E-state index contributed by atoms with van der Waals surface area (Å²) in [7, 11) is 0. The van der Waals surface area contributed by atoms with Gasteiger partial charge in [0.1, 0.15) is 0 Å². The lowest BCUT2D eigenvalue weighted by atomic mass is 10.5. The summed E-state index contributed by atoms with van der Waals surface area (Å²) in [6.45, 7) is 8.80. The van der Waals surface area contributed by atoms with Crippen molar-refractivity contribution in [3.63, 3.8) is 0 Å². The second-order valence-corrected chi connectivity index (χ2v) is 2.77. The van der Waals surface area contributed by atoms with Crippen molar-refractivity contribution in [3.05, 3.63) is 12.7 Å². The van der Waals surface area contributed by atoms with Crippen molar-refractivity contribution in [2.24, 2.45) is 4.99 Å². The van der Waals surface area contributed by atoms with Crippen molar-refractivity contribution >= 4 is 17.6 Å². The van der Waals surface area contributed by atoms with Crippen LogP contribution in [0.15, 0.2) is 17.6 Å². The summed E-state index contributed by atoms with van der Waals surface area (Å²) in [4.78, 5) is 25.9. The first kappa shape index (κ1) is 12.3. The van der Waals surface area contributed by atoms with Gasteiger partial charge in [0.05, 0.1) is 0 Å². The molecule has 78 valence electrons. The molecule has 5 nitrogen and oxygen atoms in total. The normalized spacial score (nSPS) is 8.79. The molecule has 0 aromatic rings. The van der Waals surface area contributed by atoms with Gasteiger partial charge >= 0.3 is 6.03 Å². The van der Waals surface area contributed by atoms with E-state index in [-0.39, 0.29) is 0 Å². The standard InChI is InChI=1S/C9H15N3O2/c1-5-8(13)11-12(6-2)9(14)10-7(3)4/h5H,1,6H2,2-4H3,(H,11,13). The second-order valence-electron chi connectivity index (χ2n) is 2.77. The number of hydrazine groups is 1. The number of hydrogen-bond acceptors (Lipinski definition) is 2. The van der Waals surface area contributed by atoms with Crippen LogP contribution in [-0.2, 0) is 4.79 Å². The van der Waals surface area contributed by atoms with Gasteiger partial charge in [0.2, 0.25) is 0 Å². The predicted octanol–water partition coefficient (Wildman–Crippen LogP) is 1.13. The zero-order valence-corrected chi connectivity index (χ0v) is 8.70. The first-order valence-electron chi connectivity index (χ1n) is 4.27. The lowest BCUT2D eigenvalue weighted by Crippen LogP contribution is -2.44. The molecule has 0 aliphatic heterocycles. The van der Waals surface area contributed by atoms with Crippen molar-refractivity contribution < 1.29 is 9.59 Å². The molecule has 0 radical (unpaired) electrons. The maximum absolute atomic E-state index is 11.3. The summed E-state index contributed by atoms with van der Waals surface area (Å²) in [5, 5.41) is 1.12. The lowest BCUT2D eigenvalue weighted by molar-refractivity contribution is -0.119. The Balaban J connectivity index is 4.41. The molecule has 0 saturated carbocycles. The highest BCUT2D eigenvalue weighted by molar-refractivity contribution is 5.94. The molecule has 0 aromatic carbocycles. The molecule has 0 bridgehead atoms. The molecule has 0 saturated heterocycles. The van der Waals surface area contributed by atoms with Gasteiger partial charge in [0.15, 0.2) is 0 Å². The van der Waals surface area contributed by atoms with Crippen molar-refractivity contribution in [3.8, 4) is 0 Å². The summed E-state index contributed by atoms with van der Waals surface area (Å²) >= 11 is 0. The third-order valence-electron chi connectivity index (χ3n) is 1.30. The molecule has 0 aliphatic rings. The molecule has 1 N–H and O–H groups in total. The number of aliphatic imine (C=N–C) groups is 1. The van der Waals surface area contributed by atoms with Crippen molar-refractivity contribution in [2.75, 3.05) is 6.54 Å². The lowest BCUT2D eigenvalue weighted by Gasteiger charge is -2.17. The maximum atomic E-state index is 11.3. The number of carbonyl (C=O) groups is 2. The number of hydrogen-bond donors (Lipinski definition) is 1. The maximum Gasteiger partial charge on any atom is 0.362 e. The molecule has 0 rings (SSSR count). The van der Waals surface area contributed by atoms with E-state index in [0.29, 0.717) is 12.3 Å². The van der Waals surface area contributed by atoms with Crippen LogP contribution in [-0.4, -0.2) is 29.2 Å². The molecule has 0 atom stereocenters. The quantitative estimate of drug-likeness (QED) is 0.409. The van der Waals surface area contributed by atoms with Crippen LogP contribution in [0.2, 0.25) is 0 Å². The predicted molar refractivity (Wildman–Crippen MR) is 54.9 cm³/mol. The molecule has 14 heavy (non-hydrogen) atoms. The van der Waals surface area contributed by atoms with Gasteiger partial charge < -0.3 is 0 Å². The number of carbonyl (C=O) groups excluding carboxylic acids is 2. The van der Waals surface area contributed by atoms with E-state index in [0.717, 1.165) is 11.1 Å². The number of rotatable bonds is 2. The van der Waals surface area contributed by atoms with Crippen molar-refractivity contribution in [1.29, 1.82) is 0 Å². The van der Waals surface area contributed by atoms with Crippen LogP contribution in [0.1, 0.15) is 20.8 Å². The first-order chi connectivity index (χ1) is 6.51. The summed E-state index contributed by atoms with van der Waals surface area (Å²) in [5.74, 6) is -0.427. The summed E-state index contributed by atoms with van der Waals surface area (Å²) in [6, 6.07) is -0.484. The van der Waals surface area contributed by atoms with E-state index in [4.69, 9.17) is 0 Å². The van der Waals surface area contributed by atoms with Gasteiger partial charge in [0.25, 0.3) is 5.91 Å². The fourth-order valence-corrected chi connectivity index (χ4v) is 0.692. The molecule has 0 aromatic heterocycles. The van der Waals surface area contributed by atoms with Gasteiger partial charge in [-0.25, -0.2) is 14.8 Å². The Morgan fingerprint density at radius 3 is 2.43 bits per heavy atom. The molecular weight excluding hydrogens is 182 g/mol. The summed E-state index contributed by atoms with van der Waals surface area (Å²) in [5.41, 5.74) is 2.98. The third kappa shape index (κ3) is 4.39. The minimum absolute atomic E-state index is 0.356. The van der Waals surface area contributed by atoms with E-state index >= 15 is 0 Å². The summed E-state index contributed by atoms with van der Waals surface area (Å²) in [6.07, 6.45) is 1.10. The Hall–Kier alpha value is -1.65. The highest BCUT2D eigenvalue weighted by atomic mass is 16.2. The van der Waals surface area contributed by atoms with Gasteiger partial charge in [-0.2, -0.15) is 0 Å². The van der Waals surface area contributed by atoms with Gasteiger partial charge in [-0.1, -0.05) is 6.58 Å². The second kappa shape index (κ2) is 5.90. The minimum Gasteiger partial charge on any atom is -0.268 e. The van der Waals surface area contributed by atoms with Gasteiger partial charge in [-0.15, -0.1) is 0 Å². The molecular formula is C9H15N3O2. The van der Waals surface area contributed by atoms with Crippen LogP contribution in [0.3, 0.4) is 0 Å². The molecule has 0 heterocycles. The van der Waals surface area contributed by atoms with E-state index in [1.165, 1.54) is 0 Å². The van der Waals surface area contributed by atoms with Gasteiger partial charge in [-0.05, 0) is 26.8 Å². The van der Waals surface area contributed by atoms with Crippen molar-refractivity contribution in [1.82, 2.24) is 10.4 Å². The van der Waals surface area contributed by atoms with Gasteiger partial charge in [-0.3, -0.25) is 10.2 Å². The van der Waals surface area contributed by atoms with Crippen LogP contribution in [0.4, 0.5) is 4.79 Å². The molecule has 0 fully saturated rings. The number of amides is 3. The number of nitrogens with zero attached hydrogens (tertiary/aromatic N) is 2. The van der Waals surface area contributed by atoms with E-state index in [9.17, 15) is 9.59 Å². The van der Waals surface area contributed by atoms with Crippen LogP contribution in [0, 0.1) is 0 Å². The first-order valence-corrected chi connectivity index (χ1v) is 4.27. The zero-order chi connectivity index (χ0) is 11.1. The highest BCUT2D eigenvalue weighted by Gasteiger charge is 2.11. The molecule has 0 aliphatic carbocycles. The molecule has 0 unspecified atom stereocenters. The monoisotopic (exact) mass is 197 g/mol. The fourth-order valence-electron chi connectivity index (χ4n) is 0.692. The summed E-state index contributed by atoms with van der Waals surface area (Å²) < 4.78 is 0. The molecule has 0 spiro atoms. The Morgan fingerprint density at radius 2 is 2.07 bits per heavy atom. The highest BCUT2D eigenvalue weighted by Crippen LogP contribution is 1.90. The Morgan fingerprint density at radius 1 is 1.50 bits per heavy atom. The fraction of sp³-hybridized carbons (Fsp3) is 0.444. The number of nitrogens with one attached hydrogen (secondary N) is 1. The Labute approximate surface area is 83.5 Å². The third-order valence-corrected chi connectivity index (χ3v) is 1.30. The molecule has 3 amide bonds. The SMILES string of the molecule is C=CC(=O)NN(CC)C(=O)N=C(C)C. The zero-order valence-electron chi connectivity index (χ0n) is 8.70. The smallest absolute Gasteiger partial charge is 0.268 e. The van der Waals surface area contributed by atoms with Gasteiger partial charge in [0, 0.05) is 12.3 Å². The Bertz CT molecular complexity index is 267. The topological polar surface area (TPSA) is 61.8 Å². The van der Waals surface area contributed by atoms with E-state index in [1.807, 2.05) is 0 Å². The van der Waals surface area contributed by atoms with E-state index in [1.54, 1.807) is 20.8 Å². The van der Waals surface area contributed by atoms with Crippen LogP contribution in [0.5, 0.6) is 0 Å². The Kier molecular flexibility index (Phi) is 5.21. The van der Waals surface area contributed by atoms with Crippen molar-refractivity contribution in [2.45, 2.75) is 20.8 Å². The van der Waals surface area contributed by atoms with Crippen LogP contribution >= 0.6 is 0 Å². The van der Waals surface area contributed by atoms with E-state index in [2.05, 4.69) is 17.0 Å². The van der Waals surface area contributed by atoms with E-state index < -0.39 is 11.9 Å². The minimum atomic E-state index is -0.484. The molecule has 5 heteroatoms. The average molecular weight is 197 g/mol. The average Bonchev–Trinajstić information content (AvgIpc) is 2.12.